The van der Waals surface area contributed by atoms with E-state index in [-0.39, 0.29) is 0 Å². The molecule has 0 atom stereocenters. The second-order valence-electron chi connectivity index (χ2n) is 2.42. The minimum absolute atomic E-state index is 0.913. The predicted octanol–water partition coefficient (Wildman–Crippen LogP) is 2.40. The van der Waals surface area contributed by atoms with Crippen LogP contribution in [0.3, 0.4) is 0 Å². The fourth-order valence-corrected chi connectivity index (χ4v) is 2.54. The summed E-state index contributed by atoms with van der Waals surface area (Å²) in [5.74, 6) is 0. The molecule has 5 heteroatoms. The molecular weight excluding hydrogens is 333 g/mol. The molecule has 0 aliphatic carbocycles. The summed E-state index contributed by atoms with van der Waals surface area (Å²) in [5, 5.41) is 4.11. The minimum atomic E-state index is 0.913. The van der Waals surface area contributed by atoms with Gasteiger partial charge in [-0.2, -0.15) is 5.10 Å². The first-order chi connectivity index (χ1) is 5.70. The molecule has 2 aromatic rings. The van der Waals surface area contributed by atoms with Gasteiger partial charge in [0.05, 0.1) is 9.26 Å². The molecule has 0 amide bonds. The van der Waals surface area contributed by atoms with Crippen LogP contribution in [0.25, 0.3) is 5.65 Å². The van der Waals surface area contributed by atoms with Gasteiger partial charge in [-0.3, -0.25) is 0 Å². The van der Waals surface area contributed by atoms with Crippen LogP contribution in [0, 0.1) is 10.5 Å². The molecule has 0 unspecified atom stereocenters. The topological polar surface area (TPSA) is 30.2 Å². The number of aryl methyl sites for hydroxylation is 1. The molecule has 0 bridgehead atoms. The number of halogens is 2. The fraction of sp³-hybridized carbons (Fsp3) is 0.143. The van der Waals surface area contributed by atoms with Crippen LogP contribution >= 0.6 is 38.5 Å². The molecular formula is C7H5BrIN3. The van der Waals surface area contributed by atoms with Crippen molar-refractivity contribution >= 4 is 44.2 Å². The number of aromatic nitrogens is 3. The lowest BCUT2D eigenvalue weighted by molar-refractivity contribution is 0.905. The Labute approximate surface area is 91.5 Å². The van der Waals surface area contributed by atoms with Gasteiger partial charge in [-0.25, -0.2) is 9.50 Å². The molecule has 0 spiro atoms. The van der Waals surface area contributed by atoms with E-state index in [2.05, 4.69) is 48.6 Å². The molecule has 0 fully saturated rings. The van der Waals surface area contributed by atoms with Crippen LogP contribution in [0.15, 0.2) is 16.9 Å². The fourth-order valence-electron chi connectivity index (χ4n) is 1.03. The van der Waals surface area contributed by atoms with Crippen LogP contribution in [0.4, 0.5) is 0 Å². The molecule has 62 valence electrons. The van der Waals surface area contributed by atoms with Gasteiger partial charge in [0.1, 0.15) is 6.33 Å². The maximum Gasteiger partial charge on any atom is 0.168 e. The van der Waals surface area contributed by atoms with Crippen molar-refractivity contribution in [2.75, 3.05) is 0 Å². The molecule has 0 radical (unpaired) electrons. The molecule has 0 aliphatic rings. The Bertz CT molecular complexity index is 437. The van der Waals surface area contributed by atoms with Gasteiger partial charge >= 0.3 is 0 Å². The predicted molar refractivity (Wildman–Crippen MR) is 58.1 cm³/mol. The average molecular weight is 338 g/mol. The lowest BCUT2D eigenvalue weighted by Crippen LogP contribution is -1.96. The Kier molecular flexibility index (Phi) is 2.07. The third kappa shape index (κ3) is 1.15. The zero-order chi connectivity index (χ0) is 8.72. The maximum absolute atomic E-state index is 4.14. The molecule has 3 nitrogen and oxygen atoms in total. The first-order valence-electron chi connectivity index (χ1n) is 3.34. The van der Waals surface area contributed by atoms with Crippen molar-refractivity contribution in [3.05, 3.63) is 26.1 Å². The number of rotatable bonds is 0. The number of fused-ring (bicyclic) bond motifs is 1. The van der Waals surface area contributed by atoms with E-state index in [4.69, 9.17) is 0 Å². The third-order valence-corrected chi connectivity index (χ3v) is 3.27. The van der Waals surface area contributed by atoms with Gasteiger partial charge in [0, 0.05) is 4.47 Å². The highest BCUT2D eigenvalue weighted by atomic mass is 127. The Balaban J connectivity index is 2.97. The second-order valence-corrected chi connectivity index (χ2v) is 4.44. The van der Waals surface area contributed by atoms with Gasteiger partial charge in [0.2, 0.25) is 0 Å². The van der Waals surface area contributed by atoms with E-state index in [1.165, 1.54) is 0 Å². The lowest BCUT2D eigenvalue weighted by atomic mass is 10.4. The Morgan fingerprint density at radius 2 is 2.33 bits per heavy atom. The summed E-state index contributed by atoms with van der Waals surface area (Å²) in [6, 6.07) is 2.04. The van der Waals surface area contributed by atoms with Crippen LogP contribution in [0.5, 0.6) is 0 Å². The largest absolute Gasteiger partial charge is 0.216 e. The van der Waals surface area contributed by atoms with Crippen molar-refractivity contribution in [3.8, 4) is 0 Å². The van der Waals surface area contributed by atoms with E-state index < -0.39 is 0 Å². The summed E-state index contributed by atoms with van der Waals surface area (Å²) >= 11 is 5.70. The lowest BCUT2D eigenvalue weighted by Gasteiger charge is -2.01. The molecule has 2 aromatic heterocycles. The monoisotopic (exact) mass is 337 g/mol. The van der Waals surface area contributed by atoms with E-state index in [0.717, 1.165) is 19.4 Å². The molecule has 2 rings (SSSR count). The van der Waals surface area contributed by atoms with E-state index in [9.17, 15) is 0 Å². The van der Waals surface area contributed by atoms with Crippen LogP contribution in [-0.2, 0) is 0 Å². The molecule has 0 aliphatic heterocycles. The Hall–Kier alpha value is -0.170. The van der Waals surface area contributed by atoms with Crippen molar-refractivity contribution in [1.82, 2.24) is 14.6 Å². The van der Waals surface area contributed by atoms with Crippen LogP contribution in [-0.4, -0.2) is 14.6 Å². The molecule has 0 aromatic carbocycles. The van der Waals surface area contributed by atoms with Crippen molar-refractivity contribution in [2.24, 2.45) is 0 Å². The van der Waals surface area contributed by atoms with Crippen molar-refractivity contribution in [3.63, 3.8) is 0 Å². The number of pyridine rings is 1. The standard InChI is InChI=1S/C7H5BrIN3/c1-4-5(8)2-6(9)7-10-3-11-12(4)7/h2-3H,1H3. The van der Waals surface area contributed by atoms with Crippen molar-refractivity contribution in [1.29, 1.82) is 0 Å². The number of hydrogen-bond donors (Lipinski definition) is 0. The van der Waals surface area contributed by atoms with Crippen LogP contribution in [0.1, 0.15) is 5.69 Å². The summed E-state index contributed by atoms with van der Waals surface area (Å²) in [5.41, 5.74) is 1.99. The molecule has 0 saturated carbocycles. The van der Waals surface area contributed by atoms with Gasteiger partial charge in [-0.15, -0.1) is 0 Å². The minimum Gasteiger partial charge on any atom is -0.216 e. The van der Waals surface area contributed by atoms with Gasteiger partial charge < -0.3 is 0 Å². The summed E-state index contributed by atoms with van der Waals surface area (Å²) in [7, 11) is 0. The van der Waals surface area contributed by atoms with Gasteiger partial charge in [-0.05, 0) is 51.5 Å². The number of nitrogens with zero attached hydrogens (tertiary/aromatic N) is 3. The smallest absolute Gasteiger partial charge is 0.168 e. The normalized spacial score (nSPS) is 10.9. The summed E-state index contributed by atoms with van der Waals surface area (Å²) in [4.78, 5) is 4.14. The average Bonchev–Trinajstić information content (AvgIpc) is 2.48. The zero-order valence-electron chi connectivity index (χ0n) is 6.25. The summed E-state index contributed by atoms with van der Waals surface area (Å²) in [6.45, 7) is 2.00. The van der Waals surface area contributed by atoms with E-state index >= 15 is 0 Å². The van der Waals surface area contributed by atoms with Gasteiger partial charge in [0.15, 0.2) is 5.65 Å². The highest BCUT2D eigenvalue weighted by molar-refractivity contribution is 14.1. The third-order valence-electron chi connectivity index (χ3n) is 1.68. The quantitative estimate of drug-likeness (QED) is 0.691. The van der Waals surface area contributed by atoms with Gasteiger partial charge in [-0.1, -0.05) is 0 Å². The molecule has 12 heavy (non-hydrogen) atoms. The van der Waals surface area contributed by atoms with Crippen molar-refractivity contribution in [2.45, 2.75) is 6.92 Å². The molecule has 2 heterocycles. The van der Waals surface area contributed by atoms with Crippen molar-refractivity contribution < 1.29 is 0 Å². The summed E-state index contributed by atoms with van der Waals surface area (Å²) < 4.78 is 3.98. The molecule has 0 saturated heterocycles. The highest BCUT2D eigenvalue weighted by Crippen LogP contribution is 2.21. The van der Waals surface area contributed by atoms with E-state index in [1.807, 2.05) is 17.5 Å². The highest BCUT2D eigenvalue weighted by Gasteiger charge is 2.06. The van der Waals surface area contributed by atoms with Gasteiger partial charge in [0.25, 0.3) is 0 Å². The van der Waals surface area contributed by atoms with E-state index in [1.54, 1.807) is 6.33 Å². The zero-order valence-corrected chi connectivity index (χ0v) is 10.00. The van der Waals surface area contributed by atoms with E-state index in [0.29, 0.717) is 0 Å². The first-order valence-corrected chi connectivity index (χ1v) is 5.21. The first kappa shape index (κ1) is 8.43. The van der Waals surface area contributed by atoms with Crippen LogP contribution in [0.2, 0.25) is 0 Å². The summed E-state index contributed by atoms with van der Waals surface area (Å²) in [6.07, 6.45) is 1.57. The number of hydrogen-bond acceptors (Lipinski definition) is 2. The Morgan fingerprint density at radius 1 is 1.58 bits per heavy atom. The SMILES string of the molecule is Cc1c(Br)cc(I)c2ncnn12. The molecule has 0 N–H and O–H groups in total. The van der Waals surface area contributed by atoms with Crippen LogP contribution < -0.4 is 0 Å². The maximum atomic E-state index is 4.14. The Morgan fingerprint density at radius 3 is 3.08 bits per heavy atom. The second kappa shape index (κ2) is 2.95.